The Morgan fingerprint density at radius 2 is 1.79 bits per heavy atom. The Morgan fingerprint density at radius 3 is 2.21 bits per heavy atom. The van der Waals surface area contributed by atoms with Gasteiger partial charge in [-0.1, -0.05) is 23.2 Å². The van der Waals surface area contributed by atoms with E-state index in [1.54, 1.807) is 0 Å². The summed E-state index contributed by atoms with van der Waals surface area (Å²) < 4.78 is 38.7. The van der Waals surface area contributed by atoms with Crippen LogP contribution in [-0.4, -0.2) is 21.1 Å². The van der Waals surface area contributed by atoms with Crippen molar-refractivity contribution in [1.82, 2.24) is 14.8 Å². The molecule has 4 nitrogen and oxygen atoms in total. The van der Waals surface area contributed by atoms with Gasteiger partial charge in [0.1, 0.15) is 12.0 Å². The zero-order chi connectivity index (χ0) is 14.2. The van der Waals surface area contributed by atoms with Crippen molar-refractivity contribution >= 4 is 29.5 Å². The van der Waals surface area contributed by atoms with Crippen molar-refractivity contribution < 1.29 is 18.0 Å². The van der Waals surface area contributed by atoms with Gasteiger partial charge in [-0.15, -0.1) is 5.10 Å². The van der Waals surface area contributed by atoms with Crippen LogP contribution in [0.15, 0.2) is 18.5 Å². The lowest BCUT2D eigenvalue weighted by molar-refractivity contribution is -0.137. The summed E-state index contributed by atoms with van der Waals surface area (Å²) in [6.07, 6.45) is -3.03. The highest BCUT2D eigenvalue weighted by molar-refractivity contribution is 6.37. The number of nitrogens with zero attached hydrogens (tertiary/aromatic N) is 3. The third kappa shape index (κ3) is 2.71. The number of hydrogen-bond acceptors (Lipinski definition) is 3. The monoisotopic (exact) mass is 309 g/mol. The largest absolute Gasteiger partial charge is 0.416 e. The van der Waals surface area contributed by atoms with E-state index in [0.717, 1.165) is 23.1 Å². The summed E-state index contributed by atoms with van der Waals surface area (Å²) in [6, 6.07) is 1.45. The van der Waals surface area contributed by atoms with E-state index in [1.165, 1.54) is 0 Å². The number of aromatic nitrogens is 3. The summed E-state index contributed by atoms with van der Waals surface area (Å²) in [5, 5.41) is 3.20. The normalized spacial score (nSPS) is 11.6. The van der Waals surface area contributed by atoms with Gasteiger partial charge < -0.3 is 0 Å². The highest BCUT2D eigenvalue weighted by Gasteiger charge is 2.32. The van der Waals surface area contributed by atoms with E-state index < -0.39 is 11.7 Å². The number of carbonyl (C=O) groups excluding carboxylic acids is 1. The second-order valence-electron chi connectivity index (χ2n) is 3.45. The minimum absolute atomic E-state index is 0.0249. The number of hydrogen-bond donors (Lipinski definition) is 0. The number of aldehydes is 1. The van der Waals surface area contributed by atoms with E-state index in [0.29, 0.717) is 6.29 Å². The van der Waals surface area contributed by atoms with Crippen LogP contribution in [0.1, 0.15) is 16.2 Å². The Labute approximate surface area is 114 Å². The molecule has 9 heteroatoms. The van der Waals surface area contributed by atoms with Crippen LogP contribution < -0.4 is 0 Å². The van der Waals surface area contributed by atoms with Gasteiger partial charge in [0, 0.05) is 0 Å². The third-order valence-corrected chi connectivity index (χ3v) is 2.76. The Kier molecular flexibility index (Phi) is 3.51. The van der Waals surface area contributed by atoms with Crippen molar-refractivity contribution in [1.29, 1.82) is 0 Å². The van der Waals surface area contributed by atoms with Crippen LogP contribution in [0.4, 0.5) is 13.2 Å². The van der Waals surface area contributed by atoms with E-state index in [2.05, 4.69) is 10.1 Å². The maximum Gasteiger partial charge on any atom is 0.416 e. The highest BCUT2D eigenvalue weighted by atomic mass is 35.5. The molecule has 1 aromatic carbocycles. The van der Waals surface area contributed by atoms with E-state index in [-0.39, 0.29) is 21.6 Å². The van der Waals surface area contributed by atoms with Crippen LogP contribution in [0.5, 0.6) is 0 Å². The molecule has 19 heavy (non-hydrogen) atoms. The first-order valence-corrected chi connectivity index (χ1v) is 5.52. The molecule has 0 fully saturated rings. The molecule has 0 aliphatic heterocycles. The maximum absolute atomic E-state index is 12.5. The molecule has 0 spiro atoms. The van der Waals surface area contributed by atoms with Gasteiger partial charge >= 0.3 is 6.18 Å². The third-order valence-electron chi connectivity index (χ3n) is 2.19. The smallest absolute Gasteiger partial charge is 0.294 e. The molecule has 0 aliphatic rings. The van der Waals surface area contributed by atoms with Crippen molar-refractivity contribution in [3.05, 3.63) is 39.9 Å². The van der Waals surface area contributed by atoms with Crippen LogP contribution in [-0.2, 0) is 6.18 Å². The van der Waals surface area contributed by atoms with Gasteiger partial charge in [0.25, 0.3) is 0 Å². The first-order chi connectivity index (χ1) is 8.82. The number of halogens is 5. The average molecular weight is 310 g/mol. The zero-order valence-corrected chi connectivity index (χ0v) is 10.5. The summed E-state index contributed by atoms with van der Waals surface area (Å²) in [7, 11) is 0. The maximum atomic E-state index is 12.5. The standard InChI is InChI=1S/C10H4Cl2F3N3O/c11-6-1-5(10(13,14)15)2-7(12)9(6)18-4-16-8(3-19)17-18/h1-4H. The molecule has 2 rings (SSSR count). The Hall–Kier alpha value is -1.60. The van der Waals surface area contributed by atoms with Crippen molar-refractivity contribution in [2.45, 2.75) is 6.18 Å². The second kappa shape index (κ2) is 4.82. The summed E-state index contributed by atoms with van der Waals surface area (Å²) in [5.74, 6) is -0.132. The molecule has 0 unspecified atom stereocenters. The fourth-order valence-corrected chi connectivity index (χ4v) is 2.05. The molecule has 0 bridgehead atoms. The molecule has 0 N–H and O–H groups in total. The number of benzene rings is 1. The molecule has 0 saturated heterocycles. The van der Waals surface area contributed by atoms with Crippen LogP contribution >= 0.6 is 23.2 Å². The summed E-state index contributed by atoms with van der Waals surface area (Å²) in [6.45, 7) is 0. The Balaban J connectivity index is 2.56. The van der Waals surface area contributed by atoms with Gasteiger partial charge in [0.05, 0.1) is 15.6 Å². The Bertz CT molecular complexity index is 616. The van der Waals surface area contributed by atoms with E-state index in [1.807, 2.05) is 0 Å². The lowest BCUT2D eigenvalue weighted by Crippen LogP contribution is -2.07. The van der Waals surface area contributed by atoms with Gasteiger partial charge in [-0.25, -0.2) is 9.67 Å². The van der Waals surface area contributed by atoms with Gasteiger partial charge in [0.15, 0.2) is 6.29 Å². The van der Waals surface area contributed by atoms with Crippen LogP contribution in [0, 0.1) is 0 Å². The minimum atomic E-state index is -4.55. The topological polar surface area (TPSA) is 47.8 Å². The van der Waals surface area contributed by atoms with E-state index in [9.17, 15) is 18.0 Å². The second-order valence-corrected chi connectivity index (χ2v) is 4.27. The van der Waals surface area contributed by atoms with Crippen molar-refractivity contribution in [2.75, 3.05) is 0 Å². The molecule has 2 aromatic rings. The number of rotatable bonds is 2. The molecule has 1 aromatic heterocycles. The fourth-order valence-electron chi connectivity index (χ4n) is 1.39. The van der Waals surface area contributed by atoms with Crippen LogP contribution in [0.25, 0.3) is 5.69 Å². The molecule has 0 atom stereocenters. The lowest BCUT2D eigenvalue weighted by atomic mass is 10.2. The molecule has 0 aliphatic carbocycles. The van der Waals surface area contributed by atoms with Gasteiger partial charge in [0.2, 0.25) is 5.82 Å². The first-order valence-electron chi connectivity index (χ1n) is 4.76. The van der Waals surface area contributed by atoms with Crippen molar-refractivity contribution in [3.63, 3.8) is 0 Å². The zero-order valence-electron chi connectivity index (χ0n) is 8.95. The molecule has 0 amide bonds. The predicted octanol–water partition coefficient (Wildman–Crippen LogP) is 3.41. The molecule has 100 valence electrons. The SMILES string of the molecule is O=Cc1ncn(-c2c(Cl)cc(C(F)(F)F)cc2Cl)n1. The molecule has 1 heterocycles. The summed E-state index contributed by atoms with van der Waals surface area (Å²) in [5.41, 5.74) is -0.945. The molecular weight excluding hydrogens is 306 g/mol. The van der Waals surface area contributed by atoms with E-state index >= 15 is 0 Å². The van der Waals surface area contributed by atoms with E-state index in [4.69, 9.17) is 23.2 Å². The molecular formula is C10H4Cl2F3N3O. The summed E-state index contributed by atoms with van der Waals surface area (Å²) in [4.78, 5) is 14.1. The lowest BCUT2D eigenvalue weighted by Gasteiger charge is -2.11. The predicted molar refractivity (Wildman–Crippen MR) is 61.8 cm³/mol. The molecule has 0 radical (unpaired) electrons. The Morgan fingerprint density at radius 1 is 1.21 bits per heavy atom. The number of alkyl halides is 3. The fraction of sp³-hybridized carbons (Fsp3) is 0.100. The first kappa shape index (κ1) is 13.8. The highest BCUT2D eigenvalue weighted by Crippen LogP contribution is 2.37. The van der Waals surface area contributed by atoms with Gasteiger partial charge in [-0.3, -0.25) is 4.79 Å². The van der Waals surface area contributed by atoms with Crippen molar-refractivity contribution in [3.8, 4) is 5.69 Å². The summed E-state index contributed by atoms with van der Waals surface area (Å²) >= 11 is 11.5. The van der Waals surface area contributed by atoms with Crippen LogP contribution in [0.3, 0.4) is 0 Å². The van der Waals surface area contributed by atoms with Crippen molar-refractivity contribution in [2.24, 2.45) is 0 Å². The average Bonchev–Trinajstić information content (AvgIpc) is 2.75. The van der Waals surface area contributed by atoms with Gasteiger partial charge in [-0.05, 0) is 12.1 Å². The quantitative estimate of drug-likeness (QED) is 0.799. The number of carbonyl (C=O) groups is 1. The molecule has 0 saturated carbocycles. The van der Waals surface area contributed by atoms with Crippen LogP contribution in [0.2, 0.25) is 10.0 Å². The minimum Gasteiger partial charge on any atom is -0.294 e. The van der Waals surface area contributed by atoms with Gasteiger partial charge in [-0.2, -0.15) is 13.2 Å².